The van der Waals surface area contributed by atoms with Gasteiger partial charge in [0.2, 0.25) is 0 Å². The second-order valence-corrected chi connectivity index (χ2v) is 12.7. The van der Waals surface area contributed by atoms with Crippen molar-refractivity contribution in [2.75, 3.05) is 0 Å². The fourth-order valence-corrected chi connectivity index (χ4v) is 5.62. The van der Waals surface area contributed by atoms with Gasteiger partial charge in [0.05, 0.1) is 0 Å². The monoisotopic (exact) mass is 606 g/mol. The molecule has 6 nitrogen and oxygen atoms in total. The van der Waals surface area contributed by atoms with E-state index in [0.717, 1.165) is 46.4 Å². The summed E-state index contributed by atoms with van der Waals surface area (Å²) in [4.78, 5) is 0. The molecule has 4 N–H and O–H groups in total. The van der Waals surface area contributed by atoms with Gasteiger partial charge < -0.3 is 29.9 Å². The Balaban J connectivity index is 1.39. The third-order valence-corrected chi connectivity index (χ3v) is 8.32. The number of benzene rings is 4. The number of hydrogen-bond acceptors (Lipinski definition) is 6. The Hall–Kier alpha value is -4.84. The molecule has 0 bridgehead atoms. The molecule has 6 heteroatoms. The molecule has 0 saturated carbocycles. The second kappa shape index (κ2) is 13.0. The van der Waals surface area contributed by atoms with Gasteiger partial charge in [-0.1, -0.05) is 55.0 Å². The van der Waals surface area contributed by atoms with Crippen molar-refractivity contribution in [1.82, 2.24) is 0 Å². The van der Waals surface area contributed by atoms with Crippen LogP contribution in [0, 0.1) is 0 Å². The molecule has 2 atom stereocenters. The predicted molar refractivity (Wildman–Crippen MR) is 179 cm³/mol. The summed E-state index contributed by atoms with van der Waals surface area (Å²) in [6.07, 6.45) is 7.38. The van der Waals surface area contributed by atoms with Crippen LogP contribution < -0.4 is 9.47 Å². The van der Waals surface area contributed by atoms with Crippen molar-refractivity contribution in [3.63, 3.8) is 0 Å². The van der Waals surface area contributed by atoms with Gasteiger partial charge in [-0.3, -0.25) is 0 Å². The summed E-state index contributed by atoms with van der Waals surface area (Å²) in [5.74, 6) is 1.61. The maximum Gasteiger partial charge on any atom is 0.131 e. The SMILES string of the molecule is CC(C)=CCc1c(O)cc([C@@H](Oc2ccc(/C=C/c3cc(O)c4c(c3)OC(C)(C)CC4)cc2)[C@@H](C)c2ccc(O)cc2)cc1O. The van der Waals surface area contributed by atoms with Gasteiger partial charge in [0.25, 0.3) is 0 Å². The topological polar surface area (TPSA) is 99.4 Å². The minimum absolute atomic E-state index is 0.0108. The van der Waals surface area contributed by atoms with Crippen LogP contribution in [0.3, 0.4) is 0 Å². The summed E-state index contributed by atoms with van der Waals surface area (Å²) in [7, 11) is 0. The largest absolute Gasteiger partial charge is 0.508 e. The van der Waals surface area contributed by atoms with E-state index in [9.17, 15) is 20.4 Å². The van der Waals surface area contributed by atoms with Gasteiger partial charge in [0.15, 0.2) is 0 Å². The molecular weight excluding hydrogens is 564 g/mol. The van der Waals surface area contributed by atoms with Crippen molar-refractivity contribution in [2.45, 2.75) is 71.5 Å². The Bertz CT molecular complexity index is 1690. The van der Waals surface area contributed by atoms with Crippen molar-refractivity contribution in [1.29, 1.82) is 0 Å². The van der Waals surface area contributed by atoms with Gasteiger partial charge in [0, 0.05) is 22.6 Å². The average molecular weight is 607 g/mol. The molecule has 234 valence electrons. The number of allylic oxidation sites excluding steroid dienone is 2. The Kier molecular flexibility index (Phi) is 9.14. The molecule has 0 spiro atoms. The van der Waals surface area contributed by atoms with Crippen LogP contribution >= 0.6 is 0 Å². The van der Waals surface area contributed by atoms with E-state index < -0.39 is 6.10 Å². The highest BCUT2D eigenvalue weighted by Crippen LogP contribution is 2.41. The molecule has 1 aliphatic rings. The Morgan fingerprint density at radius 1 is 0.822 bits per heavy atom. The van der Waals surface area contributed by atoms with E-state index in [1.807, 2.05) is 81.5 Å². The van der Waals surface area contributed by atoms with Crippen molar-refractivity contribution >= 4 is 12.2 Å². The zero-order chi connectivity index (χ0) is 32.3. The number of phenols is 4. The third-order valence-electron chi connectivity index (χ3n) is 8.32. The highest BCUT2D eigenvalue weighted by Gasteiger charge is 2.29. The zero-order valence-corrected chi connectivity index (χ0v) is 26.5. The van der Waals surface area contributed by atoms with Crippen LogP contribution in [0.4, 0.5) is 0 Å². The van der Waals surface area contributed by atoms with Crippen LogP contribution in [0.25, 0.3) is 12.2 Å². The van der Waals surface area contributed by atoms with Gasteiger partial charge in [0.1, 0.15) is 46.2 Å². The lowest BCUT2D eigenvalue weighted by Gasteiger charge is -2.33. The summed E-state index contributed by atoms with van der Waals surface area (Å²) in [6.45, 7) is 10.1. The first-order chi connectivity index (χ1) is 21.4. The first kappa shape index (κ1) is 31.6. The van der Waals surface area contributed by atoms with E-state index in [0.29, 0.717) is 23.3 Å². The molecule has 0 amide bonds. The molecule has 0 unspecified atom stereocenters. The molecular formula is C39H42O6. The molecule has 0 saturated heterocycles. The van der Waals surface area contributed by atoms with Crippen LogP contribution in [-0.4, -0.2) is 26.0 Å². The number of ether oxygens (including phenoxy) is 2. The molecule has 1 heterocycles. The van der Waals surface area contributed by atoms with E-state index >= 15 is 0 Å². The van der Waals surface area contributed by atoms with Gasteiger partial charge in [-0.2, -0.15) is 0 Å². The first-order valence-electron chi connectivity index (χ1n) is 15.4. The highest BCUT2D eigenvalue weighted by atomic mass is 16.5. The average Bonchev–Trinajstić information content (AvgIpc) is 2.98. The lowest BCUT2D eigenvalue weighted by atomic mass is 9.89. The zero-order valence-electron chi connectivity index (χ0n) is 26.5. The maximum absolute atomic E-state index is 10.9. The second-order valence-electron chi connectivity index (χ2n) is 12.7. The van der Waals surface area contributed by atoms with Crippen molar-refractivity contribution in [3.05, 3.63) is 118 Å². The maximum atomic E-state index is 10.9. The number of fused-ring (bicyclic) bond motifs is 1. The molecule has 1 aliphatic heterocycles. The Morgan fingerprint density at radius 3 is 2.11 bits per heavy atom. The first-order valence-corrected chi connectivity index (χ1v) is 15.4. The van der Waals surface area contributed by atoms with Gasteiger partial charge in [-0.15, -0.1) is 0 Å². The van der Waals surface area contributed by atoms with Crippen molar-refractivity contribution in [3.8, 4) is 34.5 Å². The van der Waals surface area contributed by atoms with E-state index in [-0.39, 0.29) is 34.5 Å². The highest BCUT2D eigenvalue weighted by molar-refractivity contribution is 5.72. The Morgan fingerprint density at radius 2 is 1.47 bits per heavy atom. The summed E-state index contributed by atoms with van der Waals surface area (Å²) >= 11 is 0. The summed E-state index contributed by atoms with van der Waals surface area (Å²) < 4.78 is 12.7. The fourth-order valence-electron chi connectivity index (χ4n) is 5.62. The molecule has 4 aromatic carbocycles. The van der Waals surface area contributed by atoms with Crippen LogP contribution in [0.15, 0.2) is 84.4 Å². The summed E-state index contributed by atoms with van der Waals surface area (Å²) in [6, 6.07) is 21.7. The molecule has 0 fully saturated rings. The van der Waals surface area contributed by atoms with Crippen LogP contribution in [0.5, 0.6) is 34.5 Å². The van der Waals surface area contributed by atoms with Gasteiger partial charge in [-0.05, 0) is 112 Å². The lowest BCUT2D eigenvalue weighted by Crippen LogP contribution is -2.32. The van der Waals surface area contributed by atoms with Crippen molar-refractivity contribution < 1.29 is 29.9 Å². The molecule has 5 rings (SSSR count). The molecule has 4 aromatic rings. The molecule has 0 aromatic heterocycles. The molecule has 45 heavy (non-hydrogen) atoms. The third kappa shape index (κ3) is 7.63. The van der Waals surface area contributed by atoms with E-state index in [2.05, 4.69) is 13.8 Å². The summed E-state index contributed by atoms with van der Waals surface area (Å²) in [5, 5.41) is 42.2. The molecule has 0 aliphatic carbocycles. The summed E-state index contributed by atoms with van der Waals surface area (Å²) in [5.41, 5.74) is 5.52. The van der Waals surface area contributed by atoms with Crippen LogP contribution in [0.2, 0.25) is 0 Å². The quantitative estimate of drug-likeness (QED) is 0.112. The van der Waals surface area contributed by atoms with Crippen LogP contribution in [0.1, 0.15) is 86.4 Å². The lowest BCUT2D eigenvalue weighted by molar-refractivity contribution is 0.0837. The van der Waals surface area contributed by atoms with Gasteiger partial charge >= 0.3 is 0 Å². The number of rotatable bonds is 9. The number of hydrogen-bond donors (Lipinski definition) is 4. The van der Waals surface area contributed by atoms with Crippen LogP contribution in [-0.2, 0) is 12.8 Å². The van der Waals surface area contributed by atoms with Crippen molar-refractivity contribution in [2.24, 2.45) is 0 Å². The van der Waals surface area contributed by atoms with E-state index in [1.165, 1.54) is 0 Å². The standard InChI is InChI=1S/C39H42O6/c1-24(2)6-17-32-35(42)22-29(23-36(32)43)38(25(3)28-11-13-30(40)14-12-28)44-31-15-9-26(10-16-31)7-8-27-20-34(41)33-18-19-39(4,5)45-37(33)21-27/h6-16,20-23,25,38,40-43H,17-19H2,1-5H3/b8-7+/t25-,38-/m0/s1. The Labute approximate surface area is 265 Å². The minimum atomic E-state index is -0.548. The normalized spacial score (nSPS) is 15.1. The fraction of sp³-hybridized carbons (Fsp3) is 0.282. The van der Waals surface area contributed by atoms with E-state index in [1.54, 1.807) is 30.3 Å². The number of aromatic hydroxyl groups is 4. The van der Waals surface area contributed by atoms with Gasteiger partial charge in [-0.25, -0.2) is 0 Å². The minimum Gasteiger partial charge on any atom is -0.508 e. The molecule has 0 radical (unpaired) electrons. The van der Waals surface area contributed by atoms with E-state index in [4.69, 9.17) is 9.47 Å². The predicted octanol–water partition coefficient (Wildman–Crippen LogP) is 9.22. The number of phenolic OH excluding ortho intramolecular Hbond substituents is 4. The smallest absolute Gasteiger partial charge is 0.131 e.